The van der Waals surface area contributed by atoms with Crippen LogP contribution in [-0.4, -0.2) is 47.1 Å². The number of esters is 2. The fourth-order valence-corrected chi connectivity index (χ4v) is 2.80. The number of rotatable bonds is 7. The maximum absolute atomic E-state index is 12.6. The predicted octanol–water partition coefficient (Wildman–Crippen LogP) is 0.990. The Bertz CT molecular complexity index is 675. The van der Waals surface area contributed by atoms with Crippen molar-refractivity contribution < 1.29 is 29.0 Å². The molecule has 0 aromatic heterocycles. The monoisotopic (exact) mass is 350 g/mol. The summed E-state index contributed by atoms with van der Waals surface area (Å²) in [6, 6.07) is 3.45. The molecule has 0 radical (unpaired) electrons. The quantitative estimate of drug-likeness (QED) is 0.556. The van der Waals surface area contributed by atoms with Gasteiger partial charge in [0.25, 0.3) is 5.91 Å². The van der Waals surface area contributed by atoms with Crippen LogP contribution in [0, 0.1) is 0 Å². The molecule has 1 heterocycles. The van der Waals surface area contributed by atoms with Crippen LogP contribution >= 0.6 is 0 Å². The fourth-order valence-electron chi connectivity index (χ4n) is 2.80. The minimum atomic E-state index is -1.33. The molecule has 136 valence electrons. The Morgan fingerprint density at radius 3 is 2.60 bits per heavy atom. The first-order valence-corrected chi connectivity index (χ1v) is 8.13. The number of ether oxygens (including phenoxy) is 2. The number of anilines is 1. The lowest BCUT2D eigenvalue weighted by Gasteiger charge is -2.29. The number of hydrogen-bond acceptors (Lipinski definition) is 7. The summed E-state index contributed by atoms with van der Waals surface area (Å²) in [5.74, 6) is -1.68. The third-order valence-electron chi connectivity index (χ3n) is 3.90. The number of aliphatic hydroxyl groups excluding tert-OH is 1. The van der Waals surface area contributed by atoms with Crippen LogP contribution in [0.4, 0.5) is 5.69 Å². The number of fused-ring (bicyclic) bond motifs is 1. The normalized spacial score (nSPS) is 17.2. The van der Waals surface area contributed by atoms with E-state index in [1.54, 1.807) is 19.9 Å². The van der Waals surface area contributed by atoms with Crippen molar-refractivity contribution in [2.45, 2.75) is 39.0 Å². The van der Waals surface area contributed by atoms with Crippen LogP contribution in [0.2, 0.25) is 0 Å². The van der Waals surface area contributed by atoms with Gasteiger partial charge in [0.2, 0.25) is 0 Å². The molecule has 0 saturated heterocycles. The summed E-state index contributed by atoms with van der Waals surface area (Å²) in [4.78, 5) is 37.6. The van der Waals surface area contributed by atoms with Crippen molar-refractivity contribution in [3.63, 3.8) is 0 Å². The molecule has 1 unspecified atom stereocenters. The largest absolute Gasteiger partial charge is 0.466 e. The van der Waals surface area contributed by atoms with Gasteiger partial charge in [-0.3, -0.25) is 14.5 Å². The first-order chi connectivity index (χ1) is 11.9. The van der Waals surface area contributed by atoms with Crippen molar-refractivity contribution in [1.82, 2.24) is 4.90 Å². The van der Waals surface area contributed by atoms with E-state index >= 15 is 0 Å². The van der Waals surface area contributed by atoms with E-state index in [0.29, 0.717) is 11.3 Å². The van der Waals surface area contributed by atoms with E-state index < -0.39 is 30.1 Å². The van der Waals surface area contributed by atoms with E-state index in [1.807, 2.05) is 0 Å². The van der Waals surface area contributed by atoms with Crippen LogP contribution in [0.25, 0.3) is 0 Å². The second-order valence-electron chi connectivity index (χ2n) is 5.54. The maximum Gasteiger partial charge on any atom is 0.328 e. The van der Waals surface area contributed by atoms with Crippen molar-refractivity contribution >= 4 is 23.5 Å². The van der Waals surface area contributed by atoms with Crippen molar-refractivity contribution in [3.05, 3.63) is 29.3 Å². The topological polar surface area (TPSA) is 119 Å². The van der Waals surface area contributed by atoms with Gasteiger partial charge in [-0.1, -0.05) is 0 Å². The first kappa shape index (κ1) is 18.7. The number of nitrogens with zero attached hydrogens (tertiary/aromatic N) is 1. The van der Waals surface area contributed by atoms with Crippen LogP contribution in [0.5, 0.6) is 0 Å². The number of hydrogen-bond donors (Lipinski definition) is 2. The summed E-state index contributed by atoms with van der Waals surface area (Å²) in [5.41, 5.74) is 6.70. The lowest BCUT2D eigenvalue weighted by molar-refractivity contribution is -0.153. The van der Waals surface area contributed by atoms with Crippen LogP contribution in [-0.2, 0) is 19.1 Å². The van der Waals surface area contributed by atoms with Crippen LogP contribution in [0.3, 0.4) is 0 Å². The highest BCUT2D eigenvalue weighted by molar-refractivity contribution is 6.01. The summed E-state index contributed by atoms with van der Waals surface area (Å²) in [7, 11) is 0. The summed E-state index contributed by atoms with van der Waals surface area (Å²) < 4.78 is 9.86. The molecule has 0 saturated carbocycles. The maximum atomic E-state index is 12.6. The molecule has 8 nitrogen and oxygen atoms in total. The molecule has 0 spiro atoms. The van der Waals surface area contributed by atoms with E-state index in [1.165, 1.54) is 12.1 Å². The zero-order valence-electron chi connectivity index (χ0n) is 14.2. The Morgan fingerprint density at radius 2 is 1.96 bits per heavy atom. The molecule has 25 heavy (non-hydrogen) atoms. The van der Waals surface area contributed by atoms with Crippen molar-refractivity contribution in [1.29, 1.82) is 0 Å². The highest BCUT2D eigenvalue weighted by atomic mass is 16.5. The van der Waals surface area contributed by atoms with E-state index in [2.05, 4.69) is 0 Å². The molecule has 1 aromatic carbocycles. The number of aliphatic hydroxyl groups is 1. The van der Waals surface area contributed by atoms with Gasteiger partial charge in [-0.2, -0.15) is 0 Å². The summed E-state index contributed by atoms with van der Waals surface area (Å²) in [6.45, 7) is 3.65. The Morgan fingerprint density at radius 1 is 1.28 bits per heavy atom. The van der Waals surface area contributed by atoms with E-state index in [-0.39, 0.29) is 31.6 Å². The second-order valence-corrected chi connectivity index (χ2v) is 5.54. The van der Waals surface area contributed by atoms with Crippen molar-refractivity contribution in [3.8, 4) is 0 Å². The number of nitrogen functional groups attached to an aromatic ring is 1. The average molecular weight is 350 g/mol. The molecule has 0 fully saturated rings. The van der Waals surface area contributed by atoms with Gasteiger partial charge in [0.05, 0.1) is 13.2 Å². The molecular weight excluding hydrogens is 328 g/mol. The lowest BCUT2D eigenvalue weighted by Crippen LogP contribution is -2.44. The molecule has 1 aliphatic rings. The van der Waals surface area contributed by atoms with Crippen molar-refractivity contribution in [2.75, 3.05) is 18.9 Å². The number of carbonyl (C=O) groups is 3. The zero-order valence-corrected chi connectivity index (χ0v) is 14.2. The molecule has 2 rings (SSSR count). The standard InChI is InChI=1S/C17H22N2O6/c1-3-24-14(20)8-7-13(17(23)25-4-2)19-15(21)11-6-5-10(18)9-12(11)16(19)22/h5-6,9,13,16,22H,3-4,7-8,18H2,1-2H3/t13-,16?/m0/s1. The third kappa shape index (κ3) is 3.90. The minimum Gasteiger partial charge on any atom is -0.466 e. The van der Waals surface area contributed by atoms with Gasteiger partial charge in [-0.25, -0.2) is 4.79 Å². The fraction of sp³-hybridized carbons (Fsp3) is 0.471. The van der Waals surface area contributed by atoms with Gasteiger partial charge < -0.3 is 20.3 Å². The molecule has 2 atom stereocenters. The lowest BCUT2D eigenvalue weighted by atomic mass is 10.1. The SMILES string of the molecule is CCOC(=O)CC[C@@H](C(=O)OCC)N1C(=O)c2ccc(N)cc2C1O. The summed E-state index contributed by atoms with van der Waals surface area (Å²) in [6.07, 6.45) is -1.42. The Balaban J connectivity index is 2.26. The summed E-state index contributed by atoms with van der Waals surface area (Å²) in [5, 5.41) is 10.5. The van der Waals surface area contributed by atoms with Crippen LogP contribution < -0.4 is 5.73 Å². The molecule has 0 aliphatic carbocycles. The molecular formula is C17H22N2O6. The predicted molar refractivity (Wildman–Crippen MR) is 88.3 cm³/mol. The highest BCUT2D eigenvalue weighted by Crippen LogP contribution is 2.35. The van der Waals surface area contributed by atoms with Gasteiger partial charge in [0.15, 0.2) is 6.23 Å². The highest BCUT2D eigenvalue weighted by Gasteiger charge is 2.43. The third-order valence-corrected chi connectivity index (χ3v) is 3.90. The van der Waals surface area contributed by atoms with Crippen molar-refractivity contribution in [2.24, 2.45) is 0 Å². The first-order valence-electron chi connectivity index (χ1n) is 8.13. The number of benzene rings is 1. The minimum absolute atomic E-state index is 0.00998. The number of amides is 1. The van der Waals surface area contributed by atoms with Gasteiger partial charge in [-0.05, 0) is 38.5 Å². The van der Waals surface area contributed by atoms with Gasteiger partial charge >= 0.3 is 11.9 Å². The van der Waals surface area contributed by atoms with Gasteiger partial charge in [0, 0.05) is 23.2 Å². The zero-order chi connectivity index (χ0) is 18.6. The second kappa shape index (κ2) is 7.98. The van der Waals surface area contributed by atoms with E-state index in [9.17, 15) is 19.5 Å². The van der Waals surface area contributed by atoms with Gasteiger partial charge in [-0.15, -0.1) is 0 Å². The Hall–Kier alpha value is -2.61. The molecule has 0 bridgehead atoms. The average Bonchev–Trinajstić information content (AvgIpc) is 2.80. The molecule has 8 heteroatoms. The summed E-state index contributed by atoms with van der Waals surface area (Å²) >= 11 is 0. The Kier molecular flexibility index (Phi) is 5.97. The van der Waals surface area contributed by atoms with Gasteiger partial charge in [0.1, 0.15) is 6.04 Å². The smallest absolute Gasteiger partial charge is 0.328 e. The molecule has 1 amide bonds. The number of carbonyl (C=O) groups excluding carboxylic acids is 3. The van der Waals surface area contributed by atoms with Crippen LogP contribution in [0.15, 0.2) is 18.2 Å². The van der Waals surface area contributed by atoms with Crippen LogP contribution in [0.1, 0.15) is 48.8 Å². The van der Waals surface area contributed by atoms with E-state index in [0.717, 1.165) is 4.90 Å². The molecule has 1 aliphatic heterocycles. The Labute approximate surface area is 145 Å². The molecule has 3 N–H and O–H groups in total. The molecule has 1 aromatic rings. The number of nitrogens with two attached hydrogens (primary N) is 1. The van der Waals surface area contributed by atoms with E-state index in [4.69, 9.17) is 15.2 Å².